The fourth-order valence-corrected chi connectivity index (χ4v) is 5.09. The molecule has 0 unspecified atom stereocenters. The summed E-state index contributed by atoms with van der Waals surface area (Å²) in [5.41, 5.74) is 5.19. The van der Waals surface area contributed by atoms with Gasteiger partial charge in [0.25, 0.3) is 0 Å². The van der Waals surface area contributed by atoms with Gasteiger partial charge in [-0.05, 0) is 39.7 Å². The highest BCUT2D eigenvalue weighted by atomic mass is 32.2. The van der Waals surface area contributed by atoms with Crippen LogP contribution in [0.2, 0.25) is 0 Å². The Morgan fingerprint density at radius 3 is 1.48 bits per heavy atom. The first-order valence-corrected chi connectivity index (χ1v) is 11.1. The van der Waals surface area contributed by atoms with Gasteiger partial charge < -0.3 is 0 Å². The van der Waals surface area contributed by atoms with Crippen LogP contribution in [0.5, 0.6) is 0 Å². The van der Waals surface area contributed by atoms with Gasteiger partial charge in [0.05, 0.1) is 0 Å². The minimum Gasteiger partial charge on any atom is -0.157 e. The second kappa shape index (κ2) is 11.3. The van der Waals surface area contributed by atoms with Crippen molar-refractivity contribution in [2.75, 3.05) is 11.5 Å². The summed E-state index contributed by atoms with van der Waals surface area (Å²) in [6.45, 7) is 9.92. The third-order valence-corrected chi connectivity index (χ3v) is 6.74. The SMILES string of the molecule is C=Cc1ccc(CSCC(CC)CSCc2ccc(C=C)cc2)cc1. The summed E-state index contributed by atoms with van der Waals surface area (Å²) in [4.78, 5) is 0. The smallest absolute Gasteiger partial charge is 0.0184 e. The predicted molar refractivity (Wildman–Crippen MR) is 119 cm³/mol. The summed E-state index contributed by atoms with van der Waals surface area (Å²) < 4.78 is 0. The lowest BCUT2D eigenvalue weighted by molar-refractivity contribution is 0.647. The highest BCUT2D eigenvalue weighted by Crippen LogP contribution is 2.23. The van der Waals surface area contributed by atoms with E-state index >= 15 is 0 Å². The summed E-state index contributed by atoms with van der Waals surface area (Å²) in [6, 6.07) is 17.4. The fraction of sp³-hybridized carbons (Fsp3) is 0.304. The Kier molecular flexibility index (Phi) is 8.99. The molecule has 0 aromatic heterocycles. The molecule has 2 aromatic rings. The summed E-state index contributed by atoms with van der Waals surface area (Å²) in [5, 5.41) is 0. The van der Waals surface area contributed by atoms with E-state index in [0.717, 1.165) is 17.4 Å². The Balaban J connectivity index is 1.68. The van der Waals surface area contributed by atoms with Gasteiger partial charge in [-0.3, -0.25) is 0 Å². The zero-order valence-corrected chi connectivity index (χ0v) is 16.8. The van der Waals surface area contributed by atoms with Crippen molar-refractivity contribution in [3.63, 3.8) is 0 Å². The first-order valence-electron chi connectivity index (χ1n) is 8.83. The lowest BCUT2D eigenvalue weighted by Crippen LogP contribution is -2.06. The summed E-state index contributed by atoms with van der Waals surface area (Å²) >= 11 is 4.11. The van der Waals surface area contributed by atoms with E-state index < -0.39 is 0 Å². The van der Waals surface area contributed by atoms with E-state index in [1.54, 1.807) is 0 Å². The van der Waals surface area contributed by atoms with Crippen LogP contribution in [0.4, 0.5) is 0 Å². The number of thioether (sulfide) groups is 2. The van der Waals surface area contributed by atoms with E-state index in [2.05, 4.69) is 92.1 Å². The Morgan fingerprint density at radius 1 is 0.760 bits per heavy atom. The van der Waals surface area contributed by atoms with Crippen molar-refractivity contribution in [2.45, 2.75) is 24.9 Å². The Bertz CT molecular complexity index is 583. The van der Waals surface area contributed by atoms with Gasteiger partial charge in [-0.25, -0.2) is 0 Å². The zero-order chi connectivity index (χ0) is 17.9. The van der Waals surface area contributed by atoms with E-state index in [1.165, 1.54) is 40.2 Å². The lowest BCUT2D eigenvalue weighted by atomic mass is 10.1. The van der Waals surface area contributed by atoms with Gasteiger partial charge in [-0.1, -0.05) is 87.2 Å². The van der Waals surface area contributed by atoms with Crippen molar-refractivity contribution in [3.05, 3.63) is 83.9 Å². The minimum absolute atomic E-state index is 0.787. The van der Waals surface area contributed by atoms with Crippen LogP contribution in [0, 0.1) is 5.92 Å². The molecule has 2 heteroatoms. The molecule has 0 nitrogen and oxygen atoms in total. The second-order valence-electron chi connectivity index (χ2n) is 6.20. The highest BCUT2D eigenvalue weighted by Gasteiger charge is 2.07. The van der Waals surface area contributed by atoms with Gasteiger partial charge in [0, 0.05) is 11.5 Å². The molecule has 0 fully saturated rings. The Labute approximate surface area is 161 Å². The monoisotopic (exact) mass is 368 g/mol. The molecule has 2 rings (SSSR count). The van der Waals surface area contributed by atoms with E-state index in [4.69, 9.17) is 0 Å². The average Bonchev–Trinajstić information content (AvgIpc) is 2.67. The summed E-state index contributed by atoms with van der Waals surface area (Å²) in [6.07, 6.45) is 5.04. The molecule has 0 saturated heterocycles. The quantitative estimate of drug-likeness (QED) is 0.412. The molecule has 0 radical (unpaired) electrons. The molecule has 132 valence electrons. The molecular formula is C23H28S2. The number of hydrogen-bond donors (Lipinski definition) is 0. The number of benzene rings is 2. The lowest BCUT2D eigenvalue weighted by Gasteiger charge is -2.14. The molecule has 0 aliphatic rings. The van der Waals surface area contributed by atoms with E-state index in [9.17, 15) is 0 Å². The third kappa shape index (κ3) is 7.17. The van der Waals surface area contributed by atoms with Crippen LogP contribution in [0.1, 0.15) is 35.6 Å². The normalized spacial score (nSPS) is 10.8. The van der Waals surface area contributed by atoms with Gasteiger partial charge in [0.15, 0.2) is 0 Å². The second-order valence-corrected chi connectivity index (χ2v) is 8.26. The largest absolute Gasteiger partial charge is 0.157 e. The highest BCUT2D eigenvalue weighted by molar-refractivity contribution is 7.99. The van der Waals surface area contributed by atoms with Crippen molar-refractivity contribution in [1.82, 2.24) is 0 Å². The van der Waals surface area contributed by atoms with Crippen molar-refractivity contribution < 1.29 is 0 Å². The van der Waals surface area contributed by atoms with Crippen molar-refractivity contribution >= 4 is 35.7 Å². The topological polar surface area (TPSA) is 0 Å². The molecule has 0 bridgehead atoms. The van der Waals surface area contributed by atoms with Crippen molar-refractivity contribution in [3.8, 4) is 0 Å². The van der Waals surface area contributed by atoms with Crippen LogP contribution in [-0.4, -0.2) is 11.5 Å². The van der Waals surface area contributed by atoms with Crippen LogP contribution in [-0.2, 0) is 11.5 Å². The van der Waals surface area contributed by atoms with Gasteiger partial charge >= 0.3 is 0 Å². The minimum atomic E-state index is 0.787. The van der Waals surface area contributed by atoms with Crippen LogP contribution in [0.3, 0.4) is 0 Å². The maximum Gasteiger partial charge on any atom is 0.0184 e. The Hall–Kier alpha value is -1.38. The molecule has 25 heavy (non-hydrogen) atoms. The third-order valence-electron chi connectivity index (χ3n) is 4.25. The molecular weight excluding hydrogens is 340 g/mol. The van der Waals surface area contributed by atoms with Crippen LogP contribution >= 0.6 is 23.5 Å². The first kappa shape index (κ1) is 19.9. The molecule has 0 aliphatic heterocycles. The number of rotatable bonds is 11. The maximum absolute atomic E-state index is 3.80. The van der Waals surface area contributed by atoms with Crippen LogP contribution in [0.15, 0.2) is 61.7 Å². The van der Waals surface area contributed by atoms with Crippen LogP contribution < -0.4 is 0 Å². The Morgan fingerprint density at radius 2 is 1.16 bits per heavy atom. The zero-order valence-electron chi connectivity index (χ0n) is 15.1. The fourth-order valence-electron chi connectivity index (χ4n) is 2.47. The first-order chi connectivity index (χ1) is 12.2. The molecule has 0 saturated carbocycles. The molecule has 0 atom stereocenters. The molecule has 0 spiro atoms. The van der Waals surface area contributed by atoms with Gasteiger partial charge in [0.1, 0.15) is 0 Å². The predicted octanol–water partition coefficient (Wildman–Crippen LogP) is 7.17. The molecule has 0 aliphatic carbocycles. The molecule has 0 heterocycles. The molecule has 0 N–H and O–H groups in total. The molecule has 0 amide bonds. The summed E-state index contributed by atoms with van der Waals surface area (Å²) in [5.74, 6) is 5.46. The van der Waals surface area contributed by atoms with E-state index in [0.29, 0.717) is 0 Å². The maximum atomic E-state index is 3.80. The molecule has 2 aromatic carbocycles. The van der Waals surface area contributed by atoms with Crippen molar-refractivity contribution in [2.24, 2.45) is 5.92 Å². The van der Waals surface area contributed by atoms with Gasteiger partial charge in [0.2, 0.25) is 0 Å². The average molecular weight is 369 g/mol. The van der Waals surface area contributed by atoms with E-state index in [-0.39, 0.29) is 0 Å². The summed E-state index contributed by atoms with van der Waals surface area (Å²) in [7, 11) is 0. The standard InChI is InChI=1S/C23H28S2/c1-4-19-7-11-22(12-8-19)17-24-15-21(6-3)16-25-18-23-13-9-20(5-2)10-14-23/h4-5,7-14,21H,1-2,6,15-18H2,3H3. The van der Waals surface area contributed by atoms with Gasteiger partial charge in [-0.15, -0.1) is 0 Å². The van der Waals surface area contributed by atoms with Gasteiger partial charge in [-0.2, -0.15) is 23.5 Å². The van der Waals surface area contributed by atoms with Crippen molar-refractivity contribution in [1.29, 1.82) is 0 Å². The van der Waals surface area contributed by atoms with E-state index in [1.807, 2.05) is 12.2 Å². The van der Waals surface area contributed by atoms with Crippen LogP contribution in [0.25, 0.3) is 12.2 Å². The number of hydrogen-bond acceptors (Lipinski definition) is 2.